The molecule has 1 saturated carbocycles. The highest BCUT2D eigenvalue weighted by atomic mass is 16.5. The first-order valence-electron chi connectivity index (χ1n) is 21.2. The van der Waals surface area contributed by atoms with Gasteiger partial charge in [-0.1, -0.05) is 37.9 Å². The van der Waals surface area contributed by atoms with Crippen molar-refractivity contribution in [3.05, 3.63) is 41.2 Å². The Bertz CT molecular complexity index is 1430. The molecule has 9 N–H and O–H groups in total. The summed E-state index contributed by atoms with van der Waals surface area (Å²) in [4.78, 5) is 45.2. The Morgan fingerprint density at radius 3 is 2.08 bits per heavy atom. The molecular weight excluding hydrogens is 767 g/mol. The van der Waals surface area contributed by atoms with Gasteiger partial charge in [0.1, 0.15) is 6.29 Å². The predicted molar refractivity (Wildman–Crippen MR) is 238 cm³/mol. The molecule has 3 atom stereocenters. The van der Waals surface area contributed by atoms with Gasteiger partial charge in [0.05, 0.1) is 71.5 Å². The number of nitrogens with two attached hydrogens (primary N) is 2. The molecule has 0 bridgehead atoms. The second kappa shape index (κ2) is 29.5. The zero-order valence-corrected chi connectivity index (χ0v) is 38.0. The summed E-state index contributed by atoms with van der Waals surface area (Å²) >= 11 is 0. The number of nitrogens with one attached hydrogen (secondary N) is 5. The van der Waals surface area contributed by atoms with Crippen molar-refractivity contribution in [1.82, 2.24) is 26.3 Å². The number of hydrogen-bond acceptors (Lipinski definition) is 13. The van der Waals surface area contributed by atoms with E-state index < -0.39 is 17.7 Å². The minimum atomic E-state index is -0.635. The van der Waals surface area contributed by atoms with Gasteiger partial charge in [0.15, 0.2) is 0 Å². The molecule has 0 aromatic heterocycles. The number of ether oxygens (including phenoxy) is 4. The summed E-state index contributed by atoms with van der Waals surface area (Å²) in [5, 5.41) is 15.6. The molecular formula is C43H77BN8O8. The Balaban J connectivity index is 0.000000516. The molecule has 2 aliphatic rings. The van der Waals surface area contributed by atoms with Crippen molar-refractivity contribution in [2.24, 2.45) is 29.3 Å². The van der Waals surface area contributed by atoms with E-state index in [9.17, 15) is 19.2 Å². The van der Waals surface area contributed by atoms with Crippen LogP contribution in [-0.2, 0) is 39.7 Å². The number of allylic oxidation sites excluding steroid dienone is 2. The Morgan fingerprint density at radius 2 is 1.53 bits per heavy atom. The van der Waals surface area contributed by atoms with Crippen LogP contribution >= 0.6 is 0 Å². The first-order valence-corrected chi connectivity index (χ1v) is 21.2. The Hall–Kier alpha value is -3.74. The molecule has 340 valence electrons. The van der Waals surface area contributed by atoms with Gasteiger partial charge in [0, 0.05) is 36.8 Å². The minimum absolute atomic E-state index is 0.0481. The molecule has 2 aliphatic carbocycles. The van der Waals surface area contributed by atoms with Crippen molar-refractivity contribution in [1.29, 1.82) is 0 Å². The Morgan fingerprint density at radius 1 is 0.917 bits per heavy atom. The quantitative estimate of drug-likeness (QED) is 0.0261. The van der Waals surface area contributed by atoms with Crippen LogP contribution in [0.5, 0.6) is 0 Å². The van der Waals surface area contributed by atoms with Crippen molar-refractivity contribution in [2.75, 3.05) is 79.2 Å². The van der Waals surface area contributed by atoms with Crippen molar-refractivity contribution >= 4 is 37.7 Å². The van der Waals surface area contributed by atoms with E-state index in [4.69, 9.17) is 33.6 Å². The lowest BCUT2D eigenvalue weighted by atomic mass is 9.95. The normalized spacial score (nSPS) is 17.9. The van der Waals surface area contributed by atoms with Gasteiger partial charge >= 0.3 is 6.09 Å². The van der Waals surface area contributed by atoms with Crippen molar-refractivity contribution < 1.29 is 38.1 Å². The number of anilines is 1. The van der Waals surface area contributed by atoms with Crippen LogP contribution in [0, 0.1) is 17.8 Å². The van der Waals surface area contributed by atoms with Crippen LogP contribution in [0.4, 0.5) is 10.5 Å². The maximum absolute atomic E-state index is 12.3. The number of aldehydes is 1. The number of nitrogens with zero attached hydrogens (tertiary/aromatic N) is 1. The van der Waals surface area contributed by atoms with Crippen LogP contribution in [0.1, 0.15) is 92.1 Å². The molecule has 0 aliphatic heterocycles. The summed E-state index contributed by atoms with van der Waals surface area (Å²) in [6.45, 7) is 16.1. The van der Waals surface area contributed by atoms with Gasteiger partial charge in [-0.2, -0.15) is 0 Å². The average molecular weight is 845 g/mol. The van der Waals surface area contributed by atoms with Crippen molar-refractivity contribution in [2.45, 2.75) is 110 Å². The lowest BCUT2D eigenvalue weighted by Crippen LogP contribution is -2.50. The minimum Gasteiger partial charge on any atom is -0.453 e. The van der Waals surface area contributed by atoms with Crippen LogP contribution in [0.3, 0.4) is 0 Å². The largest absolute Gasteiger partial charge is 0.453 e. The molecule has 3 unspecified atom stereocenters. The molecule has 0 spiro atoms. The fourth-order valence-electron chi connectivity index (χ4n) is 6.24. The predicted octanol–water partition coefficient (Wildman–Crippen LogP) is 3.34. The standard InChI is InChI=1S/C24H44N4O3.C10H13BN2O.C9H20N2O4/c1-16(2)20(15-29)27-22(30)14-24(5,6)31-12-11-23(3,4)28(26)21-10-8-18-13-17(18)7-9-19(21)25;1-12-7-10(14)13-9-4-2-8(6-11)3-5-9;1-10-3-5-14-7-8-15-6-4-11-9(12)13-2/h15-18,20H,7-14,25-26H2,1-6H3,(H,27,30);2-5,12H,6-7H2,1H3,(H,13,14);10H,3-8H2,1-2H3,(H,11,12)/b21-19-;;. The molecule has 1 aromatic carbocycles. The van der Waals surface area contributed by atoms with Crippen molar-refractivity contribution in [3.8, 4) is 0 Å². The number of benzene rings is 1. The number of hydrogen-bond donors (Lipinski definition) is 7. The Labute approximate surface area is 361 Å². The Kier molecular flexibility index (Phi) is 26.7. The second-order valence-corrected chi connectivity index (χ2v) is 16.7. The molecule has 17 heteroatoms. The van der Waals surface area contributed by atoms with Gasteiger partial charge in [0.2, 0.25) is 11.8 Å². The number of rotatable bonds is 24. The van der Waals surface area contributed by atoms with Crippen LogP contribution < -0.4 is 38.2 Å². The topological polar surface area (TPSA) is 221 Å². The number of amides is 3. The second-order valence-electron chi connectivity index (χ2n) is 16.7. The summed E-state index contributed by atoms with van der Waals surface area (Å²) in [6.07, 6.45) is 7.32. The maximum Gasteiger partial charge on any atom is 0.406 e. The molecule has 16 nitrogen and oxygen atoms in total. The first kappa shape index (κ1) is 54.3. The molecule has 60 heavy (non-hydrogen) atoms. The zero-order valence-electron chi connectivity index (χ0n) is 38.0. The van der Waals surface area contributed by atoms with Gasteiger partial charge in [-0.15, -0.1) is 0 Å². The van der Waals surface area contributed by atoms with Gasteiger partial charge in [-0.3, -0.25) is 9.59 Å². The van der Waals surface area contributed by atoms with Gasteiger partial charge < -0.3 is 61.1 Å². The van der Waals surface area contributed by atoms with Crippen LogP contribution in [0.2, 0.25) is 0 Å². The number of methoxy groups -OCH3 is 1. The number of likely N-dealkylation sites (N-methyl/N-ethyl adjacent to an activating group) is 2. The monoisotopic (exact) mass is 845 g/mol. The van der Waals surface area contributed by atoms with E-state index in [2.05, 4.69) is 45.2 Å². The highest BCUT2D eigenvalue weighted by Gasteiger charge is 2.39. The van der Waals surface area contributed by atoms with Crippen LogP contribution in [0.25, 0.3) is 0 Å². The van der Waals surface area contributed by atoms with E-state index in [1.807, 2.05) is 64.0 Å². The van der Waals surface area contributed by atoms with Crippen LogP contribution in [-0.4, -0.2) is 128 Å². The van der Waals surface area contributed by atoms with Crippen molar-refractivity contribution in [3.63, 3.8) is 0 Å². The van der Waals surface area contributed by atoms with Crippen LogP contribution in [0.15, 0.2) is 35.7 Å². The van der Waals surface area contributed by atoms with E-state index in [0.717, 1.165) is 60.2 Å². The summed E-state index contributed by atoms with van der Waals surface area (Å²) in [7, 11) is 10.4. The molecule has 1 aromatic rings. The fourth-order valence-corrected chi connectivity index (χ4v) is 6.24. The van der Waals surface area contributed by atoms with Gasteiger partial charge in [0.25, 0.3) is 0 Å². The number of carbonyl (C=O) groups is 4. The summed E-state index contributed by atoms with van der Waals surface area (Å²) in [5.41, 5.74) is 9.30. The molecule has 0 saturated heterocycles. The maximum atomic E-state index is 12.3. The SMILES string of the molecule is CC(C)C(C=O)NC(=O)CC(C)(C)OCCC(C)(C)N(N)/C1=C(\N)CCC2CC2CC1.CNCCOCCOCCNC(=O)OC.[B]Cc1ccc(NC(=O)CNC)cc1. The smallest absolute Gasteiger partial charge is 0.406 e. The van der Waals surface area contributed by atoms with E-state index in [-0.39, 0.29) is 29.7 Å². The van der Waals surface area contributed by atoms with E-state index in [1.54, 1.807) is 7.05 Å². The van der Waals surface area contributed by atoms with Gasteiger partial charge in [-0.05, 0) is 110 Å². The third kappa shape index (κ3) is 23.3. The molecule has 1 fully saturated rings. The average Bonchev–Trinajstić information content (AvgIpc) is 3.95. The summed E-state index contributed by atoms with van der Waals surface area (Å²) in [5.74, 6) is 8.12. The van der Waals surface area contributed by atoms with E-state index in [0.29, 0.717) is 58.9 Å². The van der Waals surface area contributed by atoms with E-state index >= 15 is 0 Å². The summed E-state index contributed by atoms with van der Waals surface area (Å²) in [6, 6.07) is 7.01. The molecule has 2 radical (unpaired) electrons. The highest BCUT2D eigenvalue weighted by molar-refractivity contribution is 6.08. The number of alkyl carbamates (subject to hydrolysis) is 1. The summed E-state index contributed by atoms with van der Waals surface area (Å²) < 4.78 is 20.9. The third-order valence-corrected chi connectivity index (χ3v) is 10.3. The third-order valence-electron chi connectivity index (χ3n) is 10.3. The molecule has 3 rings (SSSR count). The van der Waals surface area contributed by atoms with Gasteiger partial charge in [-0.25, -0.2) is 10.6 Å². The fraction of sp³-hybridized carbons (Fsp3) is 0.721. The number of hydrazine groups is 1. The lowest BCUT2D eigenvalue weighted by Gasteiger charge is -2.40. The van der Waals surface area contributed by atoms with E-state index in [1.165, 1.54) is 26.4 Å². The molecule has 0 heterocycles. The zero-order chi connectivity index (χ0) is 45.1. The lowest BCUT2D eigenvalue weighted by molar-refractivity contribution is -0.130. The number of carbonyl (C=O) groups excluding carboxylic acids is 4. The molecule has 3 amide bonds. The highest BCUT2D eigenvalue weighted by Crippen LogP contribution is 2.48. The number of fused-ring (bicyclic) bond motifs is 1. The first-order chi connectivity index (χ1) is 28.4.